The average molecular weight is 917 g/mol. The summed E-state index contributed by atoms with van der Waals surface area (Å²) in [6.07, 6.45) is 36.3. The highest BCUT2D eigenvalue weighted by atomic mass is 16.5. The molecule has 0 amide bonds. The molecule has 0 saturated carbocycles. The number of aliphatic hydroxyl groups excluding tert-OH is 1. The molecule has 0 aliphatic carbocycles. The minimum absolute atomic E-state index is 0.0376. The summed E-state index contributed by atoms with van der Waals surface area (Å²) in [5, 5.41) is 9.59. The molecule has 0 spiro atoms. The maximum Gasteiger partial charge on any atom is 0.127 e. The van der Waals surface area contributed by atoms with Crippen LogP contribution in [0.1, 0.15) is 208 Å². The topological polar surface area (TPSA) is 66.4 Å². The fourth-order valence-electron chi connectivity index (χ4n) is 8.08. The van der Waals surface area contributed by atoms with E-state index < -0.39 is 0 Å². The van der Waals surface area contributed by atoms with Gasteiger partial charge in [0.15, 0.2) is 0 Å². The van der Waals surface area contributed by atoms with E-state index in [-0.39, 0.29) is 6.61 Å². The van der Waals surface area contributed by atoms with Gasteiger partial charge in [0.05, 0.1) is 46.2 Å². The van der Waals surface area contributed by atoms with E-state index in [1.807, 2.05) is 42.5 Å². The summed E-state index contributed by atoms with van der Waals surface area (Å²) < 4.78 is 31.3. The van der Waals surface area contributed by atoms with Gasteiger partial charge in [0.25, 0.3) is 0 Å². The Bertz CT molecular complexity index is 1890. The number of hydrogen-bond donors (Lipinski definition) is 1. The molecule has 0 aliphatic rings. The molecule has 0 unspecified atom stereocenters. The molecule has 4 rings (SSSR count). The molecule has 0 radical (unpaired) electrons. The van der Waals surface area contributed by atoms with Gasteiger partial charge in [-0.2, -0.15) is 0 Å². The van der Waals surface area contributed by atoms with Crippen LogP contribution in [0.3, 0.4) is 0 Å². The minimum Gasteiger partial charge on any atom is -0.493 e. The van der Waals surface area contributed by atoms with Crippen molar-refractivity contribution in [1.29, 1.82) is 0 Å². The van der Waals surface area contributed by atoms with E-state index in [2.05, 4.69) is 88.4 Å². The van der Waals surface area contributed by atoms with Crippen molar-refractivity contribution in [1.82, 2.24) is 0 Å². The monoisotopic (exact) mass is 917 g/mol. The van der Waals surface area contributed by atoms with Crippen molar-refractivity contribution >= 4 is 24.3 Å². The van der Waals surface area contributed by atoms with Crippen molar-refractivity contribution in [2.45, 2.75) is 189 Å². The highest BCUT2D eigenvalue weighted by molar-refractivity contribution is 5.79. The van der Waals surface area contributed by atoms with E-state index in [1.54, 1.807) is 0 Å². The standard InChI is InChI=1S/C61H88O6/c1-5-9-11-13-15-17-19-21-23-25-41-66-60-46-57(38-36-52-29-33-54(34-30-52)49-63-50-55-43-58(64-39-7-3)47-59(44-55)65-40-8-4)61(67-42-26-24-22-20-18-16-14-12-10-6-2)45-56(60)37-35-51-27-31-53(48-62)32-28-51/h27-38,43-47,62H,5-26,39-42,48-50H2,1-4H3/b37-35+,38-36+. The lowest BCUT2D eigenvalue weighted by Gasteiger charge is -2.16. The zero-order valence-electron chi connectivity index (χ0n) is 42.3. The third-order valence-corrected chi connectivity index (χ3v) is 12.1. The summed E-state index contributed by atoms with van der Waals surface area (Å²) in [6.45, 7) is 12.5. The summed E-state index contributed by atoms with van der Waals surface area (Å²) in [4.78, 5) is 0. The van der Waals surface area contributed by atoms with Crippen LogP contribution in [0.15, 0.2) is 78.9 Å². The number of rotatable bonds is 39. The first-order valence-corrected chi connectivity index (χ1v) is 26.6. The van der Waals surface area contributed by atoms with Gasteiger partial charge in [0.2, 0.25) is 0 Å². The highest BCUT2D eigenvalue weighted by Gasteiger charge is 2.11. The minimum atomic E-state index is 0.0376. The Balaban J connectivity index is 1.46. The summed E-state index contributed by atoms with van der Waals surface area (Å²) in [7, 11) is 0. The molecule has 0 saturated heterocycles. The maximum atomic E-state index is 9.59. The van der Waals surface area contributed by atoms with Gasteiger partial charge in [0, 0.05) is 17.2 Å². The third-order valence-electron chi connectivity index (χ3n) is 12.1. The first-order chi connectivity index (χ1) is 33.0. The van der Waals surface area contributed by atoms with Crippen molar-refractivity contribution in [2.75, 3.05) is 26.4 Å². The van der Waals surface area contributed by atoms with Crippen molar-refractivity contribution < 1.29 is 28.8 Å². The van der Waals surface area contributed by atoms with Crippen LogP contribution in [0.4, 0.5) is 0 Å². The molecule has 0 aromatic heterocycles. The molecule has 6 heteroatoms. The lowest BCUT2D eigenvalue weighted by Crippen LogP contribution is -2.03. The third kappa shape index (κ3) is 23.9. The zero-order chi connectivity index (χ0) is 47.4. The molecule has 368 valence electrons. The fraction of sp³-hybridized carbons (Fsp3) is 0.541. The zero-order valence-corrected chi connectivity index (χ0v) is 42.3. The van der Waals surface area contributed by atoms with E-state index in [0.29, 0.717) is 39.6 Å². The Kier molecular flexibility index (Phi) is 29.3. The van der Waals surface area contributed by atoms with Crippen LogP contribution in [0.25, 0.3) is 24.3 Å². The van der Waals surface area contributed by atoms with Gasteiger partial charge in [-0.25, -0.2) is 0 Å². The molecular weight excluding hydrogens is 829 g/mol. The predicted molar refractivity (Wildman–Crippen MR) is 284 cm³/mol. The van der Waals surface area contributed by atoms with Crippen molar-refractivity contribution in [3.05, 3.63) is 118 Å². The van der Waals surface area contributed by atoms with Crippen LogP contribution in [0.2, 0.25) is 0 Å². The van der Waals surface area contributed by atoms with Gasteiger partial charge < -0.3 is 28.8 Å². The molecule has 4 aromatic rings. The second-order valence-electron chi connectivity index (χ2n) is 18.3. The van der Waals surface area contributed by atoms with Crippen LogP contribution in [-0.4, -0.2) is 31.5 Å². The van der Waals surface area contributed by atoms with Crippen LogP contribution < -0.4 is 18.9 Å². The molecule has 0 aliphatic heterocycles. The van der Waals surface area contributed by atoms with Gasteiger partial charge in [-0.05, 0) is 77.8 Å². The van der Waals surface area contributed by atoms with E-state index in [4.69, 9.17) is 23.7 Å². The quantitative estimate of drug-likeness (QED) is 0.0355. The van der Waals surface area contributed by atoms with Crippen molar-refractivity contribution in [3.63, 3.8) is 0 Å². The average Bonchev–Trinajstić information content (AvgIpc) is 3.35. The van der Waals surface area contributed by atoms with Gasteiger partial charge >= 0.3 is 0 Å². The summed E-state index contributed by atoms with van der Waals surface area (Å²) in [5.74, 6) is 3.37. The predicted octanol–water partition coefficient (Wildman–Crippen LogP) is 17.4. The summed E-state index contributed by atoms with van der Waals surface area (Å²) in [5.41, 5.74) is 7.24. The van der Waals surface area contributed by atoms with E-state index >= 15 is 0 Å². The van der Waals surface area contributed by atoms with E-state index in [1.165, 1.54) is 116 Å². The Labute approximate surface area is 407 Å². The molecule has 0 atom stereocenters. The largest absolute Gasteiger partial charge is 0.493 e. The number of benzene rings is 4. The molecular formula is C61H88O6. The SMILES string of the molecule is CCCCCCCCCCCCOc1cc(/C=C/c2ccc(COCc3cc(OCCC)cc(OCCC)c3)cc2)c(OCCCCCCCCCCCC)cc1/C=C/c1ccc(CO)cc1. The molecule has 67 heavy (non-hydrogen) atoms. The molecule has 1 N–H and O–H groups in total. The Morgan fingerprint density at radius 2 is 0.746 bits per heavy atom. The van der Waals surface area contributed by atoms with Gasteiger partial charge in [0.1, 0.15) is 23.0 Å². The fourth-order valence-corrected chi connectivity index (χ4v) is 8.08. The molecule has 6 nitrogen and oxygen atoms in total. The van der Waals surface area contributed by atoms with E-state index in [0.717, 1.165) is 87.6 Å². The van der Waals surface area contributed by atoms with Crippen molar-refractivity contribution in [3.8, 4) is 23.0 Å². The number of unbranched alkanes of at least 4 members (excludes halogenated alkanes) is 18. The first-order valence-electron chi connectivity index (χ1n) is 26.6. The van der Waals surface area contributed by atoms with Gasteiger partial charge in [-0.1, -0.05) is 216 Å². The first kappa shape index (κ1) is 55.1. The smallest absolute Gasteiger partial charge is 0.127 e. The second-order valence-corrected chi connectivity index (χ2v) is 18.3. The normalized spacial score (nSPS) is 11.5. The Morgan fingerprint density at radius 3 is 1.15 bits per heavy atom. The second kappa shape index (κ2) is 35.6. The molecule has 4 aromatic carbocycles. The lowest BCUT2D eigenvalue weighted by molar-refractivity contribution is 0.106. The Morgan fingerprint density at radius 1 is 0.358 bits per heavy atom. The molecule has 0 heterocycles. The van der Waals surface area contributed by atoms with Crippen LogP contribution in [0, 0.1) is 0 Å². The maximum absolute atomic E-state index is 9.59. The summed E-state index contributed by atoms with van der Waals surface area (Å²) in [6, 6.07) is 27.0. The molecule has 0 fully saturated rings. The number of ether oxygens (including phenoxy) is 5. The van der Waals surface area contributed by atoms with Crippen LogP contribution >= 0.6 is 0 Å². The number of aliphatic hydroxyl groups is 1. The molecule has 0 bridgehead atoms. The van der Waals surface area contributed by atoms with Crippen molar-refractivity contribution in [2.24, 2.45) is 0 Å². The highest BCUT2D eigenvalue weighted by Crippen LogP contribution is 2.33. The number of hydrogen-bond acceptors (Lipinski definition) is 6. The Hall–Kier alpha value is -4.52. The van der Waals surface area contributed by atoms with Gasteiger partial charge in [-0.15, -0.1) is 0 Å². The lowest BCUT2D eigenvalue weighted by atomic mass is 10.0. The van der Waals surface area contributed by atoms with E-state index in [9.17, 15) is 5.11 Å². The van der Waals surface area contributed by atoms with Crippen LogP contribution in [-0.2, 0) is 24.6 Å². The van der Waals surface area contributed by atoms with Gasteiger partial charge in [-0.3, -0.25) is 0 Å². The summed E-state index contributed by atoms with van der Waals surface area (Å²) >= 11 is 0. The van der Waals surface area contributed by atoms with Crippen LogP contribution in [0.5, 0.6) is 23.0 Å².